The van der Waals surface area contributed by atoms with Gasteiger partial charge in [-0.1, -0.05) is 0 Å². The number of nitrogens with one attached hydrogen (secondary N) is 1. The normalized spacial score (nSPS) is 10.4. The maximum atomic E-state index is 13.6. The molecule has 0 saturated carbocycles. The highest BCUT2D eigenvalue weighted by Crippen LogP contribution is 2.28. The molecule has 0 unspecified atom stereocenters. The molecule has 0 radical (unpaired) electrons. The number of halogens is 2. The summed E-state index contributed by atoms with van der Waals surface area (Å²) < 4.78 is 14.0. The number of Topliss-reactive ketones (excluding diaryl/α,β-unsaturated/α-hetero) is 1. The number of aryl methyl sites for hydroxylation is 1. The Labute approximate surface area is 125 Å². The van der Waals surface area contributed by atoms with E-state index in [1.165, 1.54) is 13.0 Å². The van der Waals surface area contributed by atoms with Crippen LogP contribution < -0.4 is 11.1 Å². The van der Waals surface area contributed by atoms with Gasteiger partial charge >= 0.3 is 0 Å². The van der Waals surface area contributed by atoms with Crippen molar-refractivity contribution in [2.24, 2.45) is 0 Å². The second-order valence-corrected chi connectivity index (χ2v) is 5.42. The Morgan fingerprint density at radius 3 is 2.60 bits per heavy atom. The van der Waals surface area contributed by atoms with Gasteiger partial charge in [0, 0.05) is 22.6 Å². The molecule has 0 aliphatic rings. The first-order valence-corrected chi connectivity index (χ1v) is 6.81. The Balaban J connectivity index is 2.33. The Hall–Kier alpha value is -1.88. The number of benzene rings is 2. The number of carbonyl (C=O) groups is 1. The zero-order valence-corrected chi connectivity index (χ0v) is 12.7. The summed E-state index contributed by atoms with van der Waals surface area (Å²) in [4.78, 5) is 11.3. The van der Waals surface area contributed by atoms with Crippen molar-refractivity contribution in [1.29, 1.82) is 0 Å². The van der Waals surface area contributed by atoms with Gasteiger partial charge in [-0.15, -0.1) is 0 Å². The first kappa shape index (κ1) is 14.5. The highest BCUT2D eigenvalue weighted by molar-refractivity contribution is 9.10. The van der Waals surface area contributed by atoms with Crippen LogP contribution in [0.2, 0.25) is 0 Å². The highest BCUT2D eigenvalue weighted by atomic mass is 79.9. The molecule has 2 aromatic carbocycles. The maximum Gasteiger partial charge on any atom is 0.161 e. The fourth-order valence-corrected chi connectivity index (χ4v) is 2.36. The zero-order valence-electron chi connectivity index (χ0n) is 11.1. The number of ketones is 1. The number of nitrogen functional groups attached to an aromatic ring is 1. The van der Waals surface area contributed by atoms with Crippen LogP contribution in [-0.2, 0) is 0 Å². The fraction of sp³-hybridized carbons (Fsp3) is 0.133. The summed E-state index contributed by atoms with van der Waals surface area (Å²) in [5.41, 5.74) is 8.96. The van der Waals surface area contributed by atoms with Gasteiger partial charge in [0.2, 0.25) is 0 Å². The average Bonchev–Trinajstić information content (AvgIpc) is 2.35. The summed E-state index contributed by atoms with van der Waals surface area (Å²) in [5.74, 6) is -0.425. The molecule has 2 aromatic rings. The summed E-state index contributed by atoms with van der Waals surface area (Å²) in [6, 6.07) is 8.17. The lowest BCUT2D eigenvalue weighted by Crippen LogP contribution is -2.01. The van der Waals surface area contributed by atoms with Gasteiger partial charge in [0.05, 0.1) is 4.47 Å². The van der Waals surface area contributed by atoms with Gasteiger partial charge in [0.25, 0.3) is 0 Å². The Bertz CT molecular complexity index is 686. The highest BCUT2D eigenvalue weighted by Gasteiger charge is 2.08. The minimum Gasteiger partial charge on any atom is -0.398 e. The number of hydrogen-bond donors (Lipinski definition) is 2. The zero-order chi connectivity index (χ0) is 14.9. The van der Waals surface area contributed by atoms with Gasteiger partial charge < -0.3 is 11.1 Å². The van der Waals surface area contributed by atoms with Gasteiger partial charge in [-0.25, -0.2) is 4.39 Å². The van der Waals surface area contributed by atoms with E-state index in [1.54, 1.807) is 24.3 Å². The molecule has 2 rings (SSSR count). The van der Waals surface area contributed by atoms with Crippen molar-refractivity contribution in [2.75, 3.05) is 11.1 Å². The van der Waals surface area contributed by atoms with E-state index in [9.17, 15) is 9.18 Å². The largest absolute Gasteiger partial charge is 0.398 e. The lowest BCUT2D eigenvalue weighted by atomic mass is 10.1. The predicted octanol–water partition coefficient (Wildman–Crippen LogP) is 4.43. The van der Waals surface area contributed by atoms with E-state index in [1.807, 2.05) is 6.92 Å². The van der Waals surface area contributed by atoms with Crippen molar-refractivity contribution in [3.05, 3.63) is 51.7 Å². The number of anilines is 3. The molecular formula is C15H14BrFN2O. The quantitative estimate of drug-likeness (QED) is 0.644. The molecule has 0 spiro atoms. The number of nitrogens with two attached hydrogens (primary N) is 1. The number of rotatable bonds is 3. The molecule has 0 saturated heterocycles. The predicted molar refractivity (Wildman–Crippen MR) is 83.0 cm³/mol. The molecule has 0 aliphatic carbocycles. The SMILES string of the molecule is CC(=O)c1ccc(Nc2cc(F)c(Br)cc2C)cc1N. The minimum atomic E-state index is -0.341. The fourth-order valence-electron chi connectivity index (χ4n) is 1.90. The van der Waals surface area contributed by atoms with Crippen LogP contribution in [0, 0.1) is 12.7 Å². The summed E-state index contributed by atoms with van der Waals surface area (Å²) >= 11 is 3.14. The van der Waals surface area contributed by atoms with Crippen LogP contribution in [0.3, 0.4) is 0 Å². The van der Waals surface area contributed by atoms with E-state index in [0.29, 0.717) is 27.1 Å². The van der Waals surface area contributed by atoms with Gasteiger partial charge in [-0.2, -0.15) is 0 Å². The van der Waals surface area contributed by atoms with Crippen molar-refractivity contribution >= 4 is 38.8 Å². The van der Waals surface area contributed by atoms with Gasteiger partial charge in [0.15, 0.2) is 5.78 Å². The maximum absolute atomic E-state index is 13.6. The number of hydrogen-bond acceptors (Lipinski definition) is 3. The third-order valence-electron chi connectivity index (χ3n) is 2.98. The summed E-state index contributed by atoms with van der Waals surface area (Å²) in [6.07, 6.45) is 0. The standard InChI is InChI=1S/C15H14BrFN2O/c1-8-5-12(16)13(17)7-15(8)19-10-3-4-11(9(2)20)14(18)6-10/h3-7,19H,18H2,1-2H3. The molecule has 0 amide bonds. The molecule has 3 N–H and O–H groups in total. The van der Waals surface area contributed by atoms with Crippen molar-refractivity contribution in [2.45, 2.75) is 13.8 Å². The molecule has 0 aliphatic heterocycles. The van der Waals surface area contributed by atoms with Gasteiger partial charge in [0.1, 0.15) is 5.82 Å². The number of carbonyl (C=O) groups excluding carboxylic acids is 1. The topological polar surface area (TPSA) is 55.1 Å². The Morgan fingerprint density at radius 1 is 1.30 bits per heavy atom. The third-order valence-corrected chi connectivity index (χ3v) is 3.58. The smallest absolute Gasteiger partial charge is 0.161 e. The molecule has 104 valence electrons. The molecule has 0 atom stereocenters. The molecular weight excluding hydrogens is 323 g/mol. The van der Waals surface area contributed by atoms with Crippen LogP contribution >= 0.6 is 15.9 Å². The van der Waals surface area contributed by atoms with Crippen LogP contribution in [0.25, 0.3) is 0 Å². The van der Waals surface area contributed by atoms with Crippen LogP contribution in [0.4, 0.5) is 21.5 Å². The summed E-state index contributed by atoms with van der Waals surface area (Å²) in [6.45, 7) is 3.34. The van der Waals surface area contributed by atoms with E-state index in [0.717, 1.165) is 5.56 Å². The van der Waals surface area contributed by atoms with E-state index in [-0.39, 0.29) is 11.6 Å². The molecule has 3 nitrogen and oxygen atoms in total. The lowest BCUT2D eigenvalue weighted by Gasteiger charge is -2.12. The van der Waals surface area contributed by atoms with Crippen molar-refractivity contribution in [3.63, 3.8) is 0 Å². The minimum absolute atomic E-state index is 0.0834. The molecule has 20 heavy (non-hydrogen) atoms. The molecule has 0 bridgehead atoms. The second kappa shape index (κ2) is 5.63. The van der Waals surface area contributed by atoms with Crippen molar-refractivity contribution < 1.29 is 9.18 Å². The van der Waals surface area contributed by atoms with Crippen molar-refractivity contribution in [3.8, 4) is 0 Å². The van der Waals surface area contributed by atoms with Crippen LogP contribution in [-0.4, -0.2) is 5.78 Å². The Kier molecular flexibility index (Phi) is 4.09. The van der Waals surface area contributed by atoms with Crippen LogP contribution in [0.15, 0.2) is 34.8 Å². The van der Waals surface area contributed by atoms with Crippen LogP contribution in [0.1, 0.15) is 22.8 Å². The van der Waals surface area contributed by atoms with E-state index in [2.05, 4.69) is 21.2 Å². The van der Waals surface area contributed by atoms with Gasteiger partial charge in [-0.05, 0) is 65.7 Å². The monoisotopic (exact) mass is 336 g/mol. The third kappa shape index (κ3) is 2.99. The first-order chi connectivity index (χ1) is 9.38. The summed E-state index contributed by atoms with van der Waals surface area (Å²) in [7, 11) is 0. The first-order valence-electron chi connectivity index (χ1n) is 6.01. The molecule has 0 heterocycles. The van der Waals surface area contributed by atoms with E-state index >= 15 is 0 Å². The van der Waals surface area contributed by atoms with E-state index in [4.69, 9.17) is 5.73 Å². The molecule has 0 fully saturated rings. The summed E-state index contributed by atoms with van der Waals surface area (Å²) in [5, 5.41) is 3.10. The molecule has 5 heteroatoms. The van der Waals surface area contributed by atoms with E-state index < -0.39 is 0 Å². The second-order valence-electron chi connectivity index (χ2n) is 4.56. The molecule has 0 aromatic heterocycles. The van der Waals surface area contributed by atoms with Crippen molar-refractivity contribution in [1.82, 2.24) is 0 Å². The van der Waals surface area contributed by atoms with Crippen LogP contribution in [0.5, 0.6) is 0 Å². The van der Waals surface area contributed by atoms with Gasteiger partial charge in [-0.3, -0.25) is 4.79 Å². The Morgan fingerprint density at radius 2 is 2.00 bits per heavy atom. The average molecular weight is 337 g/mol. The lowest BCUT2D eigenvalue weighted by molar-refractivity contribution is 0.101.